The Morgan fingerprint density at radius 2 is 1.94 bits per heavy atom. The van der Waals surface area contributed by atoms with Gasteiger partial charge in [0.25, 0.3) is 0 Å². The van der Waals surface area contributed by atoms with E-state index in [9.17, 15) is 0 Å². The van der Waals surface area contributed by atoms with E-state index in [0.29, 0.717) is 0 Å². The number of hydrogen-bond donors (Lipinski definition) is 0. The molecule has 0 bridgehead atoms. The summed E-state index contributed by atoms with van der Waals surface area (Å²) in [5.41, 5.74) is 4.92. The second-order valence-corrected chi connectivity index (χ2v) is 5.07. The molecule has 0 atom stereocenters. The molecule has 0 N–H and O–H groups in total. The van der Waals surface area contributed by atoms with Gasteiger partial charge in [-0.15, -0.1) is 0 Å². The second kappa shape index (κ2) is 5.83. The largest absolute Gasteiger partial charge is 0.258 e. The lowest BCUT2D eigenvalue weighted by molar-refractivity contribution is 0.603. The van der Waals surface area contributed by atoms with Gasteiger partial charge in [-0.3, -0.25) is 4.99 Å². The lowest BCUT2D eigenvalue weighted by atomic mass is 10.1. The molecule has 1 rings (SSSR count). The summed E-state index contributed by atoms with van der Waals surface area (Å²) in [6.45, 7) is 10.9. The van der Waals surface area contributed by atoms with Gasteiger partial charge in [-0.1, -0.05) is 31.5 Å². The highest BCUT2D eigenvalue weighted by molar-refractivity contribution is 5.84. The average molecular weight is 217 g/mol. The number of hydrogen-bond acceptors (Lipinski definition) is 1. The fourth-order valence-corrected chi connectivity index (χ4v) is 1.69. The minimum absolute atomic E-state index is 0.754. The molecule has 0 aliphatic rings. The Hall–Kier alpha value is -1.11. The van der Waals surface area contributed by atoms with Crippen LogP contribution in [-0.4, -0.2) is 5.71 Å². The number of benzene rings is 1. The van der Waals surface area contributed by atoms with E-state index in [-0.39, 0.29) is 0 Å². The molecule has 0 aromatic heterocycles. The van der Waals surface area contributed by atoms with Crippen LogP contribution in [0.25, 0.3) is 0 Å². The molecule has 0 saturated carbocycles. The molecule has 0 aliphatic heterocycles. The quantitative estimate of drug-likeness (QED) is 0.640. The molecule has 1 aromatic rings. The van der Waals surface area contributed by atoms with Gasteiger partial charge < -0.3 is 0 Å². The van der Waals surface area contributed by atoms with Crippen molar-refractivity contribution in [3.8, 4) is 0 Å². The zero-order valence-electron chi connectivity index (χ0n) is 11.2. The number of aryl methyl sites for hydroxylation is 2. The maximum Gasteiger partial charge on any atom is 0.0658 e. The lowest BCUT2D eigenvalue weighted by Crippen LogP contribution is -1.95. The Bertz CT molecular complexity index is 375. The zero-order chi connectivity index (χ0) is 12.1. The summed E-state index contributed by atoms with van der Waals surface area (Å²) < 4.78 is 0. The Kier molecular flexibility index (Phi) is 4.72. The summed E-state index contributed by atoms with van der Waals surface area (Å²) in [5.74, 6) is 0.754. The molecule has 88 valence electrons. The molecule has 0 aliphatic carbocycles. The van der Waals surface area contributed by atoms with Gasteiger partial charge in [0, 0.05) is 5.71 Å². The summed E-state index contributed by atoms with van der Waals surface area (Å²) >= 11 is 0. The van der Waals surface area contributed by atoms with Crippen LogP contribution in [0.3, 0.4) is 0 Å². The maximum atomic E-state index is 4.69. The van der Waals surface area contributed by atoms with Crippen LogP contribution in [0, 0.1) is 19.8 Å². The van der Waals surface area contributed by atoms with Gasteiger partial charge in [0.15, 0.2) is 0 Å². The van der Waals surface area contributed by atoms with E-state index in [2.05, 4.69) is 57.8 Å². The van der Waals surface area contributed by atoms with Gasteiger partial charge in [0.1, 0.15) is 0 Å². The molecule has 0 unspecified atom stereocenters. The molecular weight excluding hydrogens is 194 g/mol. The minimum Gasteiger partial charge on any atom is -0.258 e. The van der Waals surface area contributed by atoms with E-state index >= 15 is 0 Å². The van der Waals surface area contributed by atoms with E-state index in [1.807, 2.05) is 0 Å². The Labute approximate surface area is 99.6 Å². The molecular formula is C15H23N. The highest BCUT2D eigenvalue weighted by Gasteiger charge is 1.99. The first-order valence-electron chi connectivity index (χ1n) is 6.10. The van der Waals surface area contributed by atoms with Crippen molar-refractivity contribution in [1.29, 1.82) is 0 Å². The number of rotatable bonds is 4. The van der Waals surface area contributed by atoms with Crippen LogP contribution in [0.15, 0.2) is 23.2 Å². The van der Waals surface area contributed by atoms with E-state index < -0.39 is 0 Å². The Morgan fingerprint density at radius 3 is 2.50 bits per heavy atom. The molecule has 0 radical (unpaired) electrons. The van der Waals surface area contributed by atoms with E-state index in [1.54, 1.807) is 0 Å². The van der Waals surface area contributed by atoms with Crippen LogP contribution >= 0.6 is 0 Å². The van der Waals surface area contributed by atoms with Crippen molar-refractivity contribution in [3.05, 3.63) is 29.3 Å². The third-order valence-corrected chi connectivity index (χ3v) is 2.75. The van der Waals surface area contributed by atoms with Crippen molar-refractivity contribution in [2.24, 2.45) is 10.9 Å². The van der Waals surface area contributed by atoms with E-state index in [1.165, 1.54) is 23.3 Å². The first kappa shape index (κ1) is 13.0. The molecule has 1 heteroatoms. The fourth-order valence-electron chi connectivity index (χ4n) is 1.69. The Balaban J connectivity index is 2.74. The van der Waals surface area contributed by atoms with Crippen molar-refractivity contribution in [2.75, 3.05) is 0 Å². The molecule has 0 fully saturated rings. The van der Waals surface area contributed by atoms with Crippen molar-refractivity contribution in [2.45, 2.75) is 47.5 Å². The predicted molar refractivity (Wildman–Crippen MR) is 72.8 cm³/mol. The number of nitrogens with zero attached hydrogens (tertiary/aromatic N) is 1. The van der Waals surface area contributed by atoms with Gasteiger partial charge in [0.05, 0.1) is 5.69 Å². The summed E-state index contributed by atoms with van der Waals surface area (Å²) in [5, 5.41) is 0. The van der Waals surface area contributed by atoms with Crippen molar-refractivity contribution < 1.29 is 0 Å². The average Bonchev–Trinajstić information content (AvgIpc) is 2.19. The van der Waals surface area contributed by atoms with Gasteiger partial charge >= 0.3 is 0 Å². The molecule has 0 amide bonds. The van der Waals surface area contributed by atoms with Gasteiger partial charge in [-0.25, -0.2) is 0 Å². The van der Waals surface area contributed by atoms with Crippen LogP contribution in [0.1, 0.15) is 44.7 Å². The molecule has 1 nitrogen and oxygen atoms in total. The first-order valence-corrected chi connectivity index (χ1v) is 6.10. The smallest absolute Gasteiger partial charge is 0.0658 e. The maximum absolute atomic E-state index is 4.69. The van der Waals surface area contributed by atoms with Gasteiger partial charge in [-0.05, 0) is 51.2 Å². The van der Waals surface area contributed by atoms with Crippen molar-refractivity contribution in [3.63, 3.8) is 0 Å². The molecule has 0 spiro atoms. The van der Waals surface area contributed by atoms with E-state index in [4.69, 9.17) is 0 Å². The molecule has 0 saturated heterocycles. The highest BCUT2D eigenvalue weighted by Crippen LogP contribution is 2.20. The van der Waals surface area contributed by atoms with Crippen molar-refractivity contribution >= 4 is 11.4 Å². The summed E-state index contributed by atoms with van der Waals surface area (Å²) in [4.78, 5) is 4.69. The monoisotopic (exact) mass is 217 g/mol. The van der Waals surface area contributed by atoms with Crippen LogP contribution in [0.5, 0.6) is 0 Å². The van der Waals surface area contributed by atoms with Gasteiger partial charge in [-0.2, -0.15) is 0 Å². The van der Waals surface area contributed by atoms with E-state index in [0.717, 1.165) is 18.0 Å². The molecule has 16 heavy (non-hydrogen) atoms. The third-order valence-electron chi connectivity index (χ3n) is 2.75. The normalized spacial score (nSPS) is 12.2. The second-order valence-electron chi connectivity index (χ2n) is 5.07. The van der Waals surface area contributed by atoms with Crippen LogP contribution in [0.2, 0.25) is 0 Å². The lowest BCUT2D eigenvalue weighted by Gasteiger charge is -2.06. The summed E-state index contributed by atoms with van der Waals surface area (Å²) in [6.07, 6.45) is 2.32. The summed E-state index contributed by atoms with van der Waals surface area (Å²) in [7, 11) is 0. The Morgan fingerprint density at radius 1 is 1.25 bits per heavy atom. The standard InChI is InChI=1S/C15H23N/c1-11(2)6-8-14(5)16-15-9-7-12(3)10-13(15)4/h7,9-11H,6,8H2,1-5H3/b16-14+. The van der Waals surface area contributed by atoms with Crippen LogP contribution in [-0.2, 0) is 0 Å². The SMILES string of the molecule is C/C(CCC(C)C)=N\c1ccc(C)cc1C. The summed E-state index contributed by atoms with van der Waals surface area (Å²) in [6, 6.07) is 6.43. The fraction of sp³-hybridized carbons (Fsp3) is 0.533. The van der Waals surface area contributed by atoms with Crippen molar-refractivity contribution in [1.82, 2.24) is 0 Å². The molecule has 0 heterocycles. The van der Waals surface area contributed by atoms with Crippen LogP contribution < -0.4 is 0 Å². The number of aliphatic imine (C=N–C) groups is 1. The third kappa shape index (κ3) is 4.18. The zero-order valence-corrected chi connectivity index (χ0v) is 11.2. The topological polar surface area (TPSA) is 12.4 Å². The minimum atomic E-state index is 0.754. The highest BCUT2D eigenvalue weighted by atomic mass is 14.7. The van der Waals surface area contributed by atoms with Crippen LogP contribution in [0.4, 0.5) is 5.69 Å². The predicted octanol–water partition coefficient (Wildman–Crippen LogP) is 4.83. The first-order chi connectivity index (χ1) is 7.49. The van der Waals surface area contributed by atoms with Gasteiger partial charge in [0.2, 0.25) is 0 Å². The molecule has 1 aromatic carbocycles.